The van der Waals surface area contributed by atoms with Crippen molar-refractivity contribution in [3.8, 4) is 0 Å². The average Bonchev–Trinajstić information content (AvgIpc) is 2.75. The van der Waals surface area contributed by atoms with Gasteiger partial charge in [0.15, 0.2) is 0 Å². The van der Waals surface area contributed by atoms with Crippen LogP contribution in [-0.4, -0.2) is 23.4 Å². The van der Waals surface area contributed by atoms with E-state index < -0.39 is 17.7 Å². The largest absolute Gasteiger partial charge is 0.467 e. The van der Waals surface area contributed by atoms with Gasteiger partial charge >= 0.3 is 6.09 Å². The second-order valence-electron chi connectivity index (χ2n) is 5.30. The fourth-order valence-corrected chi connectivity index (χ4v) is 1.50. The minimum atomic E-state index is -0.555. The fraction of sp³-hybridized carbons (Fsp3) is 0.615. The molecule has 5 heteroatoms. The van der Waals surface area contributed by atoms with Crippen LogP contribution in [0.4, 0.5) is 4.79 Å². The Morgan fingerprint density at radius 3 is 2.67 bits per heavy atom. The Balaban J connectivity index is 2.71. The summed E-state index contributed by atoms with van der Waals surface area (Å²) in [4.78, 5) is 11.7. The normalized spacial score (nSPS) is 14.9. The molecule has 1 rings (SSSR count). The Labute approximate surface area is 107 Å². The van der Waals surface area contributed by atoms with Crippen LogP contribution in [0.2, 0.25) is 0 Å². The molecule has 0 saturated heterocycles. The van der Waals surface area contributed by atoms with E-state index in [9.17, 15) is 9.90 Å². The molecule has 102 valence electrons. The molecule has 1 aromatic rings. The van der Waals surface area contributed by atoms with Crippen LogP contribution >= 0.6 is 0 Å². The lowest BCUT2D eigenvalue weighted by Crippen LogP contribution is -2.37. The van der Waals surface area contributed by atoms with Gasteiger partial charge in [-0.2, -0.15) is 0 Å². The second-order valence-corrected chi connectivity index (χ2v) is 5.30. The Kier molecular flexibility index (Phi) is 4.78. The van der Waals surface area contributed by atoms with E-state index in [-0.39, 0.29) is 12.5 Å². The Hall–Kier alpha value is -1.49. The topological polar surface area (TPSA) is 71.7 Å². The van der Waals surface area contributed by atoms with Gasteiger partial charge in [-0.15, -0.1) is 0 Å². The highest BCUT2D eigenvalue weighted by Crippen LogP contribution is 2.22. The SMILES string of the molecule is C[C@H](CO)[C@@H](NC(=O)OC(C)(C)C)c1ccco1. The summed E-state index contributed by atoms with van der Waals surface area (Å²) in [7, 11) is 0. The Morgan fingerprint density at radius 2 is 2.22 bits per heavy atom. The van der Waals surface area contributed by atoms with Crippen molar-refractivity contribution < 1.29 is 19.1 Å². The molecule has 0 aromatic carbocycles. The highest BCUT2D eigenvalue weighted by molar-refractivity contribution is 5.68. The average molecular weight is 255 g/mol. The van der Waals surface area contributed by atoms with Crippen molar-refractivity contribution in [1.29, 1.82) is 0 Å². The van der Waals surface area contributed by atoms with Gasteiger partial charge in [-0.1, -0.05) is 6.92 Å². The van der Waals surface area contributed by atoms with Crippen molar-refractivity contribution in [3.63, 3.8) is 0 Å². The summed E-state index contributed by atoms with van der Waals surface area (Å²) in [6, 6.07) is 3.09. The number of furan rings is 1. The highest BCUT2D eigenvalue weighted by atomic mass is 16.6. The van der Waals surface area contributed by atoms with Gasteiger partial charge in [-0.25, -0.2) is 4.79 Å². The van der Waals surface area contributed by atoms with E-state index in [2.05, 4.69) is 5.32 Å². The molecule has 2 N–H and O–H groups in total. The lowest BCUT2D eigenvalue weighted by Gasteiger charge is -2.25. The van der Waals surface area contributed by atoms with Crippen LogP contribution in [0, 0.1) is 5.92 Å². The molecule has 0 aliphatic rings. The summed E-state index contributed by atoms with van der Waals surface area (Å²) in [5, 5.41) is 11.9. The van der Waals surface area contributed by atoms with E-state index in [0.717, 1.165) is 0 Å². The zero-order valence-corrected chi connectivity index (χ0v) is 11.3. The maximum Gasteiger partial charge on any atom is 0.408 e. The summed E-state index contributed by atoms with van der Waals surface area (Å²) in [6.45, 7) is 7.16. The first-order chi connectivity index (χ1) is 8.33. The number of aliphatic hydroxyl groups is 1. The van der Waals surface area contributed by atoms with E-state index in [4.69, 9.17) is 9.15 Å². The number of hydrogen-bond acceptors (Lipinski definition) is 4. The quantitative estimate of drug-likeness (QED) is 0.867. The van der Waals surface area contributed by atoms with Crippen LogP contribution in [0.15, 0.2) is 22.8 Å². The third-order valence-electron chi connectivity index (χ3n) is 2.38. The summed E-state index contributed by atoms with van der Waals surface area (Å²) in [5.74, 6) is 0.436. The molecule has 0 bridgehead atoms. The highest BCUT2D eigenvalue weighted by Gasteiger charge is 2.26. The van der Waals surface area contributed by atoms with Crippen LogP contribution in [0.1, 0.15) is 39.5 Å². The molecule has 0 unspecified atom stereocenters. The number of ether oxygens (including phenoxy) is 1. The van der Waals surface area contributed by atoms with Crippen molar-refractivity contribution in [2.75, 3.05) is 6.61 Å². The van der Waals surface area contributed by atoms with Gasteiger partial charge in [0.1, 0.15) is 11.4 Å². The van der Waals surface area contributed by atoms with Gasteiger partial charge in [0, 0.05) is 12.5 Å². The minimum Gasteiger partial charge on any atom is -0.467 e. The van der Waals surface area contributed by atoms with Crippen molar-refractivity contribution in [2.24, 2.45) is 5.92 Å². The third kappa shape index (κ3) is 4.41. The predicted octanol–water partition coefficient (Wildman–Crippen LogP) is 2.47. The van der Waals surface area contributed by atoms with Crippen LogP contribution in [0.5, 0.6) is 0 Å². The third-order valence-corrected chi connectivity index (χ3v) is 2.38. The van der Waals surface area contributed by atoms with Gasteiger partial charge in [0.05, 0.1) is 12.3 Å². The number of nitrogens with one attached hydrogen (secondary N) is 1. The van der Waals surface area contributed by atoms with Crippen molar-refractivity contribution in [1.82, 2.24) is 5.32 Å². The molecular formula is C13H21NO4. The second kappa shape index (κ2) is 5.91. The molecule has 5 nitrogen and oxygen atoms in total. The standard InChI is InChI=1S/C13H21NO4/c1-9(8-15)11(10-6-5-7-17-10)14-12(16)18-13(2,3)4/h5-7,9,11,15H,8H2,1-4H3,(H,14,16)/t9-,11-/m1/s1. The first-order valence-corrected chi connectivity index (χ1v) is 5.97. The van der Waals surface area contributed by atoms with Gasteiger partial charge in [-0.3, -0.25) is 0 Å². The fourth-order valence-electron chi connectivity index (χ4n) is 1.50. The summed E-state index contributed by atoms with van der Waals surface area (Å²) >= 11 is 0. The van der Waals surface area contributed by atoms with E-state index in [0.29, 0.717) is 5.76 Å². The van der Waals surface area contributed by atoms with Gasteiger partial charge < -0.3 is 19.6 Å². The number of alkyl carbamates (subject to hydrolysis) is 1. The maximum atomic E-state index is 11.7. The molecule has 0 spiro atoms. The van der Waals surface area contributed by atoms with Crippen LogP contribution in [0.3, 0.4) is 0 Å². The van der Waals surface area contributed by atoms with Gasteiger partial charge in [0.2, 0.25) is 0 Å². The van der Waals surface area contributed by atoms with Crippen molar-refractivity contribution in [3.05, 3.63) is 24.2 Å². The first kappa shape index (κ1) is 14.6. The van der Waals surface area contributed by atoms with E-state index >= 15 is 0 Å². The van der Waals surface area contributed by atoms with Crippen LogP contribution < -0.4 is 5.32 Å². The molecular weight excluding hydrogens is 234 g/mol. The Bertz CT molecular complexity index is 367. The molecule has 0 aliphatic heterocycles. The molecule has 18 heavy (non-hydrogen) atoms. The minimum absolute atomic E-state index is 0.0544. The van der Waals surface area contributed by atoms with Crippen LogP contribution in [-0.2, 0) is 4.74 Å². The summed E-state index contributed by atoms with van der Waals surface area (Å²) in [6.07, 6.45) is 1.01. The predicted molar refractivity (Wildman–Crippen MR) is 67.1 cm³/mol. The number of carbonyl (C=O) groups excluding carboxylic acids is 1. The zero-order valence-electron chi connectivity index (χ0n) is 11.3. The smallest absolute Gasteiger partial charge is 0.408 e. The van der Waals surface area contributed by atoms with E-state index in [1.165, 1.54) is 6.26 Å². The molecule has 0 aliphatic carbocycles. The first-order valence-electron chi connectivity index (χ1n) is 5.97. The lowest BCUT2D eigenvalue weighted by atomic mass is 10.0. The lowest BCUT2D eigenvalue weighted by molar-refractivity contribution is 0.0464. The maximum absolute atomic E-state index is 11.7. The summed E-state index contributed by atoms with van der Waals surface area (Å²) < 4.78 is 10.5. The van der Waals surface area contributed by atoms with E-state index in [1.807, 2.05) is 6.92 Å². The van der Waals surface area contributed by atoms with Gasteiger partial charge in [-0.05, 0) is 32.9 Å². The van der Waals surface area contributed by atoms with Crippen LogP contribution in [0.25, 0.3) is 0 Å². The van der Waals surface area contributed by atoms with Crippen molar-refractivity contribution in [2.45, 2.75) is 39.3 Å². The van der Waals surface area contributed by atoms with Crippen molar-refractivity contribution >= 4 is 6.09 Å². The monoisotopic (exact) mass is 255 g/mol. The molecule has 0 radical (unpaired) electrons. The number of carbonyl (C=O) groups is 1. The molecule has 2 atom stereocenters. The number of amides is 1. The zero-order chi connectivity index (χ0) is 13.8. The Morgan fingerprint density at radius 1 is 1.56 bits per heavy atom. The van der Waals surface area contributed by atoms with E-state index in [1.54, 1.807) is 32.9 Å². The molecule has 0 saturated carbocycles. The molecule has 1 amide bonds. The summed E-state index contributed by atoms with van der Waals surface area (Å²) in [5.41, 5.74) is -0.555. The number of rotatable bonds is 4. The van der Waals surface area contributed by atoms with Gasteiger partial charge in [0.25, 0.3) is 0 Å². The number of hydrogen-bond donors (Lipinski definition) is 2. The molecule has 0 fully saturated rings. The molecule has 1 heterocycles. The number of aliphatic hydroxyl groups excluding tert-OH is 1. The molecule has 1 aromatic heterocycles.